The van der Waals surface area contributed by atoms with E-state index in [1.807, 2.05) is 55.5 Å². The fourth-order valence-electron chi connectivity index (χ4n) is 3.35. The van der Waals surface area contributed by atoms with Gasteiger partial charge < -0.3 is 14.4 Å². The lowest BCUT2D eigenvalue weighted by Gasteiger charge is -2.11. The van der Waals surface area contributed by atoms with Crippen molar-refractivity contribution in [3.05, 3.63) is 88.9 Å². The van der Waals surface area contributed by atoms with Crippen LogP contribution in [0.15, 0.2) is 83.0 Å². The third kappa shape index (κ3) is 4.29. The Kier molecular flexibility index (Phi) is 6.00. The molecule has 156 valence electrons. The Labute approximate surface area is 184 Å². The fraction of sp³-hybridized carbons (Fsp3) is 0.125. The predicted molar refractivity (Wildman–Crippen MR) is 121 cm³/mol. The van der Waals surface area contributed by atoms with Crippen molar-refractivity contribution < 1.29 is 14.6 Å². The standard InChI is InChI=1S/C24H20ClN3O3/c1-16-8-2-7-13-21(16)31-15-14-28-20-12-6-4-10-18(20)22(24(28)30)26-27-23(29)17-9-3-5-11-19(17)25/h2-13,30H,14-15H2,1H3. The number of fused-ring (bicyclic) bond motifs is 1. The molecular formula is C24H20ClN3O3. The van der Waals surface area contributed by atoms with E-state index in [4.69, 9.17) is 16.3 Å². The molecule has 7 heteroatoms. The Morgan fingerprint density at radius 3 is 2.55 bits per heavy atom. The maximum atomic E-state index is 12.4. The van der Waals surface area contributed by atoms with Gasteiger partial charge in [0.2, 0.25) is 5.88 Å². The molecule has 0 saturated heterocycles. The minimum Gasteiger partial charge on any atom is -0.493 e. The summed E-state index contributed by atoms with van der Waals surface area (Å²) in [5, 5.41) is 19.6. The van der Waals surface area contributed by atoms with Crippen LogP contribution in [0.1, 0.15) is 15.9 Å². The second kappa shape index (κ2) is 9.02. The maximum Gasteiger partial charge on any atom is 0.296 e. The van der Waals surface area contributed by atoms with Crippen molar-refractivity contribution in [2.45, 2.75) is 13.5 Å². The van der Waals surface area contributed by atoms with Crippen molar-refractivity contribution in [2.75, 3.05) is 6.61 Å². The van der Waals surface area contributed by atoms with Gasteiger partial charge in [-0.1, -0.05) is 60.1 Å². The van der Waals surface area contributed by atoms with Crippen LogP contribution in [0.25, 0.3) is 10.9 Å². The zero-order chi connectivity index (χ0) is 21.8. The summed E-state index contributed by atoms with van der Waals surface area (Å²) < 4.78 is 7.56. The second-order valence-corrected chi connectivity index (χ2v) is 7.35. The van der Waals surface area contributed by atoms with Gasteiger partial charge in [-0.15, -0.1) is 10.2 Å². The van der Waals surface area contributed by atoms with Gasteiger partial charge in [0, 0.05) is 5.39 Å². The second-order valence-electron chi connectivity index (χ2n) is 6.94. The van der Waals surface area contributed by atoms with E-state index in [0.29, 0.717) is 23.6 Å². The molecule has 0 radical (unpaired) electrons. The molecule has 1 amide bonds. The Bertz CT molecular complexity index is 1280. The number of ether oxygens (including phenoxy) is 1. The zero-order valence-electron chi connectivity index (χ0n) is 16.8. The molecule has 0 bridgehead atoms. The Hall–Kier alpha value is -3.64. The van der Waals surface area contributed by atoms with Gasteiger partial charge in [-0.05, 0) is 36.8 Å². The molecule has 1 heterocycles. The van der Waals surface area contributed by atoms with Crippen molar-refractivity contribution in [3.8, 4) is 11.6 Å². The molecule has 4 aromatic rings. The number of benzene rings is 3. The molecule has 0 aliphatic carbocycles. The normalized spacial score (nSPS) is 11.3. The van der Waals surface area contributed by atoms with E-state index in [1.54, 1.807) is 28.8 Å². The van der Waals surface area contributed by atoms with Crippen molar-refractivity contribution >= 4 is 34.1 Å². The van der Waals surface area contributed by atoms with Gasteiger partial charge in [0.05, 0.1) is 22.6 Å². The van der Waals surface area contributed by atoms with Crippen LogP contribution in [0.5, 0.6) is 11.6 Å². The summed E-state index contributed by atoms with van der Waals surface area (Å²) in [5.74, 6) is 0.138. The van der Waals surface area contributed by atoms with Crippen LogP contribution in [-0.4, -0.2) is 22.2 Å². The number of aromatic nitrogens is 1. The number of nitrogens with zero attached hydrogens (tertiary/aromatic N) is 3. The monoisotopic (exact) mass is 433 g/mol. The van der Waals surface area contributed by atoms with E-state index in [1.165, 1.54) is 0 Å². The molecule has 1 aromatic heterocycles. The molecule has 0 saturated carbocycles. The van der Waals surface area contributed by atoms with Gasteiger partial charge in [-0.3, -0.25) is 4.79 Å². The minimum atomic E-state index is -0.579. The first-order chi connectivity index (χ1) is 15.1. The summed E-state index contributed by atoms with van der Waals surface area (Å²) in [4.78, 5) is 12.4. The number of para-hydroxylation sites is 2. The third-order valence-corrected chi connectivity index (χ3v) is 5.26. The molecule has 3 aromatic carbocycles. The summed E-state index contributed by atoms with van der Waals surface area (Å²) in [5.41, 5.74) is 2.29. The van der Waals surface area contributed by atoms with E-state index < -0.39 is 5.91 Å². The van der Waals surface area contributed by atoms with Gasteiger partial charge in [0.1, 0.15) is 12.4 Å². The number of aromatic hydroxyl groups is 1. The van der Waals surface area contributed by atoms with Crippen LogP contribution < -0.4 is 4.74 Å². The topological polar surface area (TPSA) is 76.2 Å². The number of azo groups is 1. The van der Waals surface area contributed by atoms with Gasteiger partial charge in [-0.25, -0.2) is 0 Å². The maximum absolute atomic E-state index is 12.4. The Morgan fingerprint density at radius 1 is 1.03 bits per heavy atom. The van der Waals surface area contributed by atoms with Crippen LogP contribution in [0.4, 0.5) is 5.69 Å². The first-order valence-electron chi connectivity index (χ1n) is 9.75. The molecule has 6 nitrogen and oxygen atoms in total. The predicted octanol–water partition coefficient (Wildman–Crippen LogP) is 6.31. The number of carbonyl (C=O) groups is 1. The first kappa shape index (κ1) is 20.6. The fourth-order valence-corrected chi connectivity index (χ4v) is 3.56. The molecule has 0 aliphatic heterocycles. The summed E-state index contributed by atoms with van der Waals surface area (Å²) >= 11 is 6.06. The number of hydrogen-bond acceptors (Lipinski definition) is 4. The lowest BCUT2D eigenvalue weighted by molar-refractivity contribution is 0.0995. The Balaban J connectivity index is 1.60. The van der Waals surface area contributed by atoms with E-state index in [9.17, 15) is 9.90 Å². The lowest BCUT2D eigenvalue weighted by Crippen LogP contribution is -2.08. The highest BCUT2D eigenvalue weighted by Gasteiger charge is 2.17. The van der Waals surface area contributed by atoms with Crippen molar-refractivity contribution in [1.29, 1.82) is 0 Å². The van der Waals surface area contributed by atoms with Gasteiger partial charge in [-0.2, -0.15) is 0 Å². The number of amides is 1. The van der Waals surface area contributed by atoms with Crippen LogP contribution in [0, 0.1) is 6.92 Å². The van der Waals surface area contributed by atoms with Crippen LogP contribution in [-0.2, 0) is 6.54 Å². The van der Waals surface area contributed by atoms with Crippen LogP contribution in [0.2, 0.25) is 5.02 Å². The number of halogens is 1. The zero-order valence-corrected chi connectivity index (χ0v) is 17.6. The number of aryl methyl sites for hydroxylation is 1. The third-order valence-electron chi connectivity index (χ3n) is 4.93. The minimum absolute atomic E-state index is 0.0784. The van der Waals surface area contributed by atoms with E-state index in [-0.39, 0.29) is 17.1 Å². The SMILES string of the molecule is Cc1ccccc1OCCn1c(O)c(N=NC(=O)c2ccccc2Cl)c2ccccc21. The quantitative estimate of drug-likeness (QED) is 0.362. The van der Waals surface area contributed by atoms with E-state index in [2.05, 4.69) is 10.2 Å². The molecule has 1 N–H and O–H groups in total. The molecule has 0 unspecified atom stereocenters. The average molecular weight is 434 g/mol. The number of carbonyl (C=O) groups excluding carboxylic acids is 1. The molecule has 0 atom stereocenters. The molecular weight excluding hydrogens is 414 g/mol. The molecule has 4 rings (SSSR count). The largest absolute Gasteiger partial charge is 0.493 e. The Morgan fingerprint density at radius 2 is 1.74 bits per heavy atom. The summed E-state index contributed by atoms with van der Waals surface area (Å²) in [6.45, 7) is 2.73. The smallest absolute Gasteiger partial charge is 0.296 e. The number of hydrogen-bond donors (Lipinski definition) is 1. The first-order valence-corrected chi connectivity index (χ1v) is 10.1. The van der Waals surface area contributed by atoms with Crippen molar-refractivity contribution in [1.82, 2.24) is 4.57 Å². The van der Waals surface area contributed by atoms with E-state index in [0.717, 1.165) is 16.8 Å². The summed E-state index contributed by atoms with van der Waals surface area (Å²) in [6, 6.07) is 21.8. The molecule has 0 aliphatic rings. The molecule has 0 spiro atoms. The lowest BCUT2D eigenvalue weighted by atomic mass is 10.2. The van der Waals surface area contributed by atoms with Crippen molar-refractivity contribution in [3.63, 3.8) is 0 Å². The highest BCUT2D eigenvalue weighted by molar-refractivity contribution is 6.33. The van der Waals surface area contributed by atoms with Crippen molar-refractivity contribution in [2.24, 2.45) is 10.2 Å². The van der Waals surface area contributed by atoms with Crippen LogP contribution >= 0.6 is 11.6 Å². The van der Waals surface area contributed by atoms with E-state index >= 15 is 0 Å². The highest BCUT2D eigenvalue weighted by Crippen LogP contribution is 2.39. The number of rotatable bonds is 6. The summed E-state index contributed by atoms with van der Waals surface area (Å²) in [7, 11) is 0. The molecule has 0 fully saturated rings. The summed E-state index contributed by atoms with van der Waals surface area (Å²) in [6.07, 6.45) is 0. The molecule has 31 heavy (non-hydrogen) atoms. The average Bonchev–Trinajstić information content (AvgIpc) is 3.04. The highest BCUT2D eigenvalue weighted by atomic mass is 35.5. The van der Waals surface area contributed by atoms with Gasteiger partial charge in [0.25, 0.3) is 5.91 Å². The van der Waals surface area contributed by atoms with Crippen LogP contribution in [0.3, 0.4) is 0 Å². The van der Waals surface area contributed by atoms with Gasteiger partial charge >= 0.3 is 0 Å². The van der Waals surface area contributed by atoms with Gasteiger partial charge in [0.15, 0.2) is 5.69 Å².